The molecule has 2 N–H and O–H groups in total. The maximum Gasteiger partial charge on any atom is 0.306 e. The first-order valence-electron chi connectivity index (χ1n) is 9.03. The van der Waals surface area contributed by atoms with Crippen LogP contribution in [-0.2, 0) is 9.98 Å². The van der Waals surface area contributed by atoms with Crippen LogP contribution in [0.25, 0.3) is 0 Å². The molecular weight excluding hydrogens is 353 g/mol. The largest absolute Gasteiger partial charge is 0.435 e. The quantitative estimate of drug-likeness (QED) is 0.502. The van der Waals surface area contributed by atoms with E-state index in [-0.39, 0.29) is 5.41 Å². The Labute approximate surface area is 161 Å². The summed E-state index contributed by atoms with van der Waals surface area (Å²) in [5.74, 6) is 0.468. The summed E-state index contributed by atoms with van der Waals surface area (Å²) in [5, 5.41) is 1.30. The average Bonchev–Trinajstić information content (AvgIpc) is 2.65. The van der Waals surface area contributed by atoms with Crippen molar-refractivity contribution in [2.24, 2.45) is 0 Å². The van der Waals surface area contributed by atoms with Crippen LogP contribution in [0.4, 0.5) is 5.69 Å². The Bertz CT molecular complexity index is 933. The Morgan fingerprint density at radius 1 is 0.852 bits per heavy atom. The Kier molecular flexibility index (Phi) is 5.17. The lowest BCUT2D eigenvalue weighted by Crippen LogP contribution is -2.21. The highest BCUT2D eigenvalue weighted by Gasteiger charge is 2.32. The van der Waals surface area contributed by atoms with Crippen molar-refractivity contribution >= 4 is 23.7 Å². The maximum absolute atomic E-state index is 14.1. The lowest BCUT2D eigenvalue weighted by atomic mass is 9.85. The molecule has 0 unspecified atom stereocenters. The lowest BCUT2D eigenvalue weighted by molar-refractivity contribution is 0.501. The van der Waals surface area contributed by atoms with Crippen LogP contribution in [0.2, 0.25) is 0 Å². The van der Waals surface area contributed by atoms with Crippen molar-refractivity contribution in [3.63, 3.8) is 0 Å². The van der Waals surface area contributed by atoms with Crippen molar-refractivity contribution in [2.75, 3.05) is 5.73 Å². The topological polar surface area (TPSA) is 52.3 Å². The standard InChI is InChI=1S/C23H26NO2P/c1-17-15-20(23(2,3)4)22(24)21(16-17)26-27(25,18-11-7-5-8-12-18)19-13-9-6-10-14-19/h5-16H,24H2,1-4H3. The third kappa shape index (κ3) is 3.94. The Balaban J connectivity index is 2.18. The first kappa shape index (κ1) is 19.3. The zero-order valence-electron chi connectivity index (χ0n) is 16.3. The molecule has 140 valence electrons. The Morgan fingerprint density at radius 2 is 1.33 bits per heavy atom. The molecule has 0 amide bonds. The van der Waals surface area contributed by atoms with Crippen molar-refractivity contribution in [2.45, 2.75) is 33.1 Å². The lowest BCUT2D eigenvalue weighted by Gasteiger charge is -2.26. The summed E-state index contributed by atoms with van der Waals surface area (Å²) in [4.78, 5) is 0. The second-order valence-electron chi connectivity index (χ2n) is 7.79. The van der Waals surface area contributed by atoms with Crippen molar-refractivity contribution in [3.05, 3.63) is 83.9 Å². The number of benzene rings is 3. The van der Waals surface area contributed by atoms with E-state index in [9.17, 15) is 4.57 Å². The van der Waals surface area contributed by atoms with E-state index >= 15 is 0 Å². The summed E-state index contributed by atoms with van der Waals surface area (Å²) in [5.41, 5.74) is 8.87. The molecule has 3 aromatic carbocycles. The van der Waals surface area contributed by atoms with E-state index < -0.39 is 7.37 Å². The summed E-state index contributed by atoms with van der Waals surface area (Å²) in [6, 6.07) is 22.6. The van der Waals surface area contributed by atoms with E-state index in [0.717, 1.165) is 11.1 Å². The molecule has 0 fully saturated rings. The molecule has 0 aliphatic heterocycles. The molecule has 4 heteroatoms. The van der Waals surface area contributed by atoms with Gasteiger partial charge in [0.25, 0.3) is 0 Å². The van der Waals surface area contributed by atoms with Gasteiger partial charge in [-0.15, -0.1) is 0 Å². The van der Waals surface area contributed by atoms with Crippen LogP contribution in [0.5, 0.6) is 5.75 Å². The monoisotopic (exact) mass is 379 g/mol. The van der Waals surface area contributed by atoms with Crippen molar-refractivity contribution in [1.29, 1.82) is 0 Å². The fourth-order valence-corrected chi connectivity index (χ4v) is 5.17. The van der Waals surface area contributed by atoms with Gasteiger partial charge in [-0.1, -0.05) is 63.2 Å². The molecule has 0 saturated heterocycles. The third-order valence-electron chi connectivity index (χ3n) is 4.51. The number of hydrogen-bond donors (Lipinski definition) is 1. The van der Waals surface area contributed by atoms with Crippen LogP contribution < -0.4 is 20.9 Å². The SMILES string of the molecule is Cc1cc(OP(=O)(c2ccccc2)c2ccccc2)c(N)c(C(C)(C)C)c1. The Morgan fingerprint density at radius 3 is 1.78 bits per heavy atom. The molecule has 0 aliphatic rings. The van der Waals surface area contributed by atoms with E-state index in [1.165, 1.54) is 0 Å². The van der Waals surface area contributed by atoms with Gasteiger partial charge in [0.05, 0.1) is 16.3 Å². The molecule has 3 rings (SSSR count). The third-order valence-corrected chi connectivity index (χ3v) is 6.92. The number of nitrogen functional groups attached to an aromatic ring is 1. The summed E-state index contributed by atoms with van der Waals surface area (Å²) < 4.78 is 20.4. The van der Waals surface area contributed by atoms with Gasteiger partial charge in [0, 0.05) is 0 Å². The molecule has 0 saturated carbocycles. The minimum absolute atomic E-state index is 0.141. The van der Waals surface area contributed by atoms with Gasteiger partial charge in [0.1, 0.15) is 0 Å². The number of nitrogens with two attached hydrogens (primary N) is 1. The van der Waals surface area contributed by atoms with Crippen LogP contribution >= 0.6 is 7.37 Å². The Hall–Kier alpha value is -2.51. The molecule has 0 bridgehead atoms. The van der Waals surface area contributed by atoms with Crippen molar-refractivity contribution in [1.82, 2.24) is 0 Å². The molecule has 0 aliphatic carbocycles. The van der Waals surface area contributed by atoms with Crippen LogP contribution in [0.1, 0.15) is 31.9 Å². The predicted octanol–water partition coefficient (Wildman–Crippen LogP) is 5.18. The smallest absolute Gasteiger partial charge is 0.306 e. The summed E-state index contributed by atoms with van der Waals surface area (Å²) >= 11 is 0. The van der Waals surface area contributed by atoms with Gasteiger partial charge >= 0.3 is 7.37 Å². The van der Waals surface area contributed by atoms with Gasteiger partial charge in [-0.05, 0) is 53.8 Å². The highest BCUT2D eigenvalue weighted by atomic mass is 31.2. The van der Waals surface area contributed by atoms with Gasteiger partial charge < -0.3 is 10.3 Å². The molecule has 0 radical (unpaired) electrons. The second-order valence-corrected chi connectivity index (χ2v) is 10.1. The molecule has 3 aromatic rings. The van der Waals surface area contributed by atoms with Gasteiger partial charge in [-0.25, -0.2) is 0 Å². The molecule has 0 aromatic heterocycles. The predicted molar refractivity (Wildman–Crippen MR) is 115 cm³/mol. The van der Waals surface area contributed by atoms with E-state index in [2.05, 4.69) is 26.8 Å². The molecule has 0 spiro atoms. The van der Waals surface area contributed by atoms with Crippen molar-refractivity contribution in [3.8, 4) is 5.75 Å². The van der Waals surface area contributed by atoms with Crippen LogP contribution in [0.15, 0.2) is 72.8 Å². The van der Waals surface area contributed by atoms with E-state index in [1.807, 2.05) is 73.7 Å². The minimum atomic E-state index is -3.34. The van der Waals surface area contributed by atoms with Crippen LogP contribution in [-0.4, -0.2) is 0 Å². The van der Waals surface area contributed by atoms with E-state index in [1.54, 1.807) is 0 Å². The van der Waals surface area contributed by atoms with Crippen molar-refractivity contribution < 1.29 is 9.09 Å². The minimum Gasteiger partial charge on any atom is -0.435 e. The fourth-order valence-electron chi connectivity index (χ4n) is 3.10. The average molecular weight is 379 g/mol. The summed E-state index contributed by atoms with van der Waals surface area (Å²) in [6.07, 6.45) is 0. The zero-order valence-corrected chi connectivity index (χ0v) is 17.2. The number of aryl methyl sites for hydroxylation is 1. The van der Waals surface area contributed by atoms with Gasteiger partial charge in [0.15, 0.2) is 5.75 Å². The fraction of sp³-hybridized carbons (Fsp3) is 0.217. The van der Waals surface area contributed by atoms with Gasteiger partial charge in [-0.3, -0.25) is 4.57 Å². The molecule has 3 nitrogen and oxygen atoms in total. The highest BCUT2D eigenvalue weighted by molar-refractivity contribution is 7.74. The number of anilines is 1. The van der Waals surface area contributed by atoms with Gasteiger partial charge in [0.2, 0.25) is 0 Å². The zero-order chi connectivity index (χ0) is 19.7. The van der Waals surface area contributed by atoms with E-state index in [4.69, 9.17) is 10.3 Å². The van der Waals surface area contributed by atoms with E-state index in [0.29, 0.717) is 22.0 Å². The maximum atomic E-state index is 14.1. The van der Waals surface area contributed by atoms with Gasteiger partial charge in [-0.2, -0.15) is 0 Å². The normalized spacial score (nSPS) is 12.0. The highest BCUT2D eigenvalue weighted by Crippen LogP contribution is 2.48. The first-order valence-corrected chi connectivity index (χ1v) is 10.7. The molecule has 0 heterocycles. The second kappa shape index (κ2) is 7.25. The first-order chi connectivity index (χ1) is 12.7. The number of rotatable bonds is 4. The number of hydrogen-bond acceptors (Lipinski definition) is 3. The summed E-state index contributed by atoms with van der Waals surface area (Å²) in [7, 11) is -3.34. The van der Waals surface area contributed by atoms with Crippen LogP contribution in [0, 0.1) is 6.92 Å². The molecule has 0 atom stereocenters. The molecule has 27 heavy (non-hydrogen) atoms. The van der Waals surface area contributed by atoms with Crippen LogP contribution in [0.3, 0.4) is 0 Å². The molecular formula is C23H26NO2P. The summed E-state index contributed by atoms with van der Waals surface area (Å²) in [6.45, 7) is 8.32.